The highest BCUT2D eigenvalue weighted by molar-refractivity contribution is 7.71. The van der Waals surface area contributed by atoms with Crippen LogP contribution in [0.4, 0.5) is 0 Å². The second-order valence-corrected chi connectivity index (χ2v) is 5.39. The number of hydrogen-bond acceptors (Lipinski definition) is 6. The molecular formula is C16H12N4O4S. The van der Waals surface area contributed by atoms with Crippen molar-refractivity contribution in [3.8, 4) is 0 Å². The van der Waals surface area contributed by atoms with Gasteiger partial charge < -0.3 is 9.72 Å². The zero-order valence-electron chi connectivity index (χ0n) is 13.0. The lowest BCUT2D eigenvalue weighted by Gasteiger charge is -2.10. The first-order valence-corrected chi connectivity index (χ1v) is 7.51. The molecule has 25 heavy (non-hydrogen) atoms. The molecule has 0 saturated heterocycles. The predicted molar refractivity (Wildman–Crippen MR) is 92.7 cm³/mol. The number of hydrogen-bond donors (Lipinski definition) is 2. The van der Waals surface area contributed by atoms with E-state index in [1.807, 2.05) is 0 Å². The first kappa shape index (κ1) is 16.5. The van der Waals surface area contributed by atoms with Gasteiger partial charge in [0.1, 0.15) is 0 Å². The van der Waals surface area contributed by atoms with E-state index in [1.54, 1.807) is 12.1 Å². The molecule has 0 fully saturated rings. The van der Waals surface area contributed by atoms with Crippen LogP contribution in [0.15, 0.2) is 47.5 Å². The number of aromatic nitrogens is 3. The van der Waals surface area contributed by atoms with E-state index in [9.17, 15) is 14.4 Å². The molecule has 0 saturated carbocycles. The largest absolute Gasteiger partial charge is 0.465 e. The summed E-state index contributed by atoms with van der Waals surface area (Å²) in [6.45, 7) is 0. The second-order valence-electron chi connectivity index (χ2n) is 5.01. The molecule has 0 atom stereocenters. The smallest absolute Gasteiger partial charge is 0.337 e. The lowest BCUT2D eigenvalue weighted by molar-refractivity contribution is 0.0600. The van der Waals surface area contributed by atoms with E-state index in [-0.39, 0.29) is 21.3 Å². The number of aromatic amines is 1. The van der Waals surface area contributed by atoms with Crippen LogP contribution in [-0.4, -0.2) is 33.6 Å². The maximum atomic E-state index is 12.6. The average molecular weight is 356 g/mol. The minimum Gasteiger partial charge on any atom is -0.465 e. The lowest BCUT2D eigenvalue weighted by Crippen LogP contribution is -2.34. The van der Waals surface area contributed by atoms with E-state index in [1.165, 1.54) is 37.7 Å². The zero-order chi connectivity index (χ0) is 18.0. The van der Waals surface area contributed by atoms with Crippen LogP contribution in [0, 0.1) is 4.77 Å². The SMILES string of the molecule is COC(=O)c1ccc2c(=O)n(NC(=O)c3cccnc3)c(=S)[nH]c2c1. The van der Waals surface area contributed by atoms with Gasteiger partial charge in [-0.1, -0.05) is 0 Å². The fourth-order valence-electron chi connectivity index (χ4n) is 2.23. The summed E-state index contributed by atoms with van der Waals surface area (Å²) in [5, 5.41) is 0.257. The van der Waals surface area contributed by atoms with Crippen molar-refractivity contribution in [2.24, 2.45) is 0 Å². The van der Waals surface area contributed by atoms with Crippen molar-refractivity contribution in [3.63, 3.8) is 0 Å². The Balaban J connectivity index is 2.05. The third-order valence-electron chi connectivity index (χ3n) is 3.46. The molecule has 0 spiro atoms. The Morgan fingerprint density at radius 3 is 2.76 bits per heavy atom. The van der Waals surface area contributed by atoms with E-state index in [4.69, 9.17) is 12.2 Å². The van der Waals surface area contributed by atoms with Gasteiger partial charge in [-0.05, 0) is 42.5 Å². The summed E-state index contributed by atoms with van der Waals surface area (Å²) in [6.07, 6.45) is 2.90. The van der Waals surface area contributed by atoms with Crippen molar-refractivity contribution >= 4 is 35.0 Å². The van der Waals surface area contributed by atoms with Crippen LogP contribution in [0.1, 0.15) is 20.7 Å². The van der Waals surface area contributed by atoms with Crippen LogP contribution in [0.3, 0.4) is 0 Å². The molecule has 0 unspecified atom stereocenters. The number of rotatable bonds is 3. The highest BCUT2D eigenvalue weighted by Crippen LogP contribution is 2.11. The van der Waals surface area contributed by atoms with Gasteiger partial charge in [-0.15, -0.1) is 0 Å². The highest BCUT2D eigenvalue weighted by atomic mass is 32.1. The van der Waals surface area contributed by atoms with Gasteiger partial charge in [0, 0.05) is 12.4 Å². The Kier molecular flexibility index (Phi) is 4.40. The summed E-state index contributed by atoms with van der Waals surface area (Å²) in [5.74, 6) is -1.06. The Labute approximate surface area is 146 Å². The zero-order valence-corrected chi connectivity index (χ0v) is 13.8. The number of carbonyl (C=O) groups excluding carboxylic acids is 2. The molecule has 2 N–H and O–H groups in total. The summed E-state index contributed by atoms with van der Waals surface area (Å²) < 4.78 is 5.56. The number of methoxy groups -OCH3 is 1. The molecule has 0 radical (unpaired) electrons. The summed E-state index contributed by atoms with van der Waals surface area (Å²) in [5.41, 5.74) is 2.84. The number of carbonyl (C=O) groups is 2. The van der Waals surface area contributed by atoms with Gasteiger partial charge in [0.15, 0.2) is 4.77 Å². The Bertz CT molecular complexity index is 1090. The third kappa shape index (κ3) is 3.17. The van der Waals surface area contributed by atoms with E-state index in [0.29, 0.717) is 5.52 Å². The Morgan fingerprint density at radius 1 is 1.28 bits per heavy atom. The molecule has 0 aliphatic rings. The average Bonchev–Trinajstić information content (AvgIpc) is 2.64. The number of fused-ring (bicyclic) bond motifs is 1. The van der Waals surface area contributed by atoms with Crippen LogP contribution in [0.2, 0.25) is 0 Å². The van der Waals surface area contributed by atoms with E-state index in [2.05, 4.69) is 20.1 Å². The van der Waals surface area contributed by atoms with Crippen molar-refractivity contribution in [2.75, 3.05) is 12.5 Å². The molecule has 1 amide bonds. The van der Waals surface area contributed by atoms with Crippen LogP contribution in [0.25, 0.3) is 10.9 Å². The molecule has 8 nitrogen and oxygen atoms in total. The molecule has 2 aromatic heterocycles. The molecule has 2 heterocycles. The van der Waals surface area contributed by atoms with Crippen LogP contribution in [0.5, 0.6) is 0 Å². The van der Waals surface area contributed by atoms with Crippen LogP contribution in [-0.2, 0) is 4.74 Å². The molecule has 0 bridgehead atoms. The summed E-state index contributed by atoms with van der Waals surface area (Å²) >= 11 is 5.13. The van der Waals surface area contributed by atoms with Crippen molar-refractivity contribution in [2.45, 2.75) is 0 Å². The molecule has 0 aliphatic heterocycles. The molecule has 1 aromatic carbocycles. The van der Waals surface area contributed by atoms with Gasteiger partial charge in [0.2, 0.25) is 0 Å². The number of ether oxygens (including phenoxy) is 1. The molecule has 9 heteroatoms. The van der Waals surface area contributed by atoms with Crippen molar-refractivity contribution in [1.29, 1.82) is 0 Å². The first-order chi connectivity index (χ1) is 12.0. The number of H-pyrrole nitrogens is 1. The maximum absolute atomic E-state index is 12.6. The van der Waals surface area contributed by atoms with E-state index in [0.717, 1.165) is 4.68 Å². The van der Waals surface area contributed by atoms with Gasteiger partial charge in [-0.3, -0.25) is 20.0 Å². The third-order valence-corrected chi connectivity index (χ3v) is 3.74. The summed E-state index contributed by atoms with van der Waals surface area (Å²) in [4.78, 5) is 43.1. The predicted octanol–water partition coefficient (Wildman–Crippen LogP) is 1.62. The standard InChI is InChI=1S/C16H12N4O4S/c1-24-15(23)9-4-5-11-12(7-9)18-16(25)20(14(11)22)19-13(21)10-3-2-6-17-8-10/h2-8H,1H3,(H,18,25)(H,19,21). The van der Waals surface area contributed by atoms with Gasteiger partial charge in [0.25, 0.3) is 11.5 Å². The van der Waals surface area contributed by atoms with Gasteiger partial charge >= 0.3 is 5.97 Å². The lowest BCUT2D eigenvalue weighted by atomic mass is 10.1. The monoisotopic (exact) mass is 356 g/mol. The van der Waals surface area contributed by atoms with Gasteiger partial charge in [-0.25, -0.2) is 4.79 Å². The summed E-state index contributed by atoms with van der Waals surface area (Å²) in [6, 6.07) is 7.55. The number of pyridine rings is 1. The molecule has 3 rings (SSSR count). The van der Waals surface area contributed by atoms with Gasteiger partial charge in [-0.2, -0.15) is 4.68 Å². The van der Waals surface area contributed by atoms with Crippen molar-refractivity contribution in [3.05, 3.63) is 69.0 Å². The number of esters is 1. The minimum atomic E-state index is -0.532. The maximum Gasteiger partial charge on any atom is 0.337 e. The van der Waals surface area contributed by atoms with E-state index >= 15 is 0 Å². The molecular weight excluding hydrogens is 344 g/mol. The fourth-order valence-corrected chi connectivity index (χ4v) is 2.47. The fraction of sp³-hybridized carbons (Fsp3) is 0.0625. The Morgan fingerprint density at radius 2 is 2.08 bits per heavy atom. The quantitative estimate of drug-likeness (QED) is 0.546. The first-order valence-electron chi connectivity index (χ1n) is 7.10. The minimum absolute atomic E-state index is 0.0169. The molecule has 126 valence electrons. The molecule has 3 aromatic rings. The van der Waals surface area contributed by atoms with Crippen molar-refractivity contribution in [1.82, 2.24) is 14.6 Å². The topological polar surface area (TPSA) is 106 Å². The summed E-state index contributed by atoms with van der Waals surface area (Å²) in [7, 11) is 1.26. The van der Waals surface area contributed by atoms with Gasteiger partial charge in [0.05, 0.1) is 29.1 Å². The second kappa shape index (κ2) is 6.65. The number of benzene rings is 1. The van der Waals surface area contributed by atoms with E-state index < -0.39 is 17.4 Å². The normalized spacial score (nSPS) is 10.4. The Hall–Kier alpha value is -3.33. The molecule has 0 aliphatic carbocycles. The van der Waals surface area contributed by atoms with Crippen molar-refractivity contribution < 1.29 is 14.3 Å². The number of amides is 1. The van der Waals surface area contributed by atoms with Crippen LogP contribution >= 0.6 is 12.2 Å². The number of nitrogens with zero attached hydrogens (tertiary/aromatic N) is 2. The highest BCUT2D eigenvalue weighted by Gasteiger charge is 2.13. The number of nitrogens with one attached hydrogen (secondary N) is 2. The van der Waals surface area contributed by atoms with Crippen LogP contribution < -0.4 is 11.0 Å².